The molecule has 0 radical (unpaired) electrons. The maximum Gasteiger partial charge on any atom is 0.191 e. The Hall–Kier alpha value is -3.10. The summed E-state index contributed by atoms with van der Waals surface area (Å²) in [5, 5.41) is 29.5. The summed E-state index contributed by atoms with van der Waals surface area (Å²) in [5.41, 5.74) is 6.19. The third kappa shape index (κ3) is 1.87. The summed E-state index contributed by atoms with van der Waals surface area (Å²) in [6, 6.07) is 10.1. The largest absolute Gasteiger partial charge is 0.399 e. The Morgan fingerprint density at radius 3 is 2.62 bits per heavy atom. The van der Waals surface area contributed by atoms with Gasteiger partial charge < -0.3 is 5.73 Å². The van der Waals surface area contributed by atoms with E-state index in [-0.39, 0.29) is 5.70 Å². The monoisotopic (exact) mass is 315 g/mol. The van der Waals surface area contributed by atoms with Crippen LogP contribution in [-0.2, 0) is 0 Å². The zero-order valence-corrected chi connectivity index (χ0v) is 13.5. The number of allylic oxidation sites excluding steroid dienone is 4. The Kier molecular flexibility index (Phi) is 3.63. The first-order valence-electron chi connectivity index (χ1n) is 7.89. The number of nitriles is 3. The fourth-order valence-corrected chi connectivity index (χ4v) is 4.31. The molecule has 0 aromatic carbocycles. The normalized spacial score (nSPS) is 27.9. The molecule has 2 N–H and O–H groups in total. The van der Waals surface area contributed by atoms with E-state index >= 15 is 0 Å². The molecule has 2 aliphatic carbocycles. The second kappa shape index (κ2) is 5.52. The Morgan fingerprint density at radius 1 is 1.29 bits per heavy atom. The van der Waals surface area contributed by atoms with Gasteiger partial charge in [0.25, 0.3) is 0 Å². The molecule has 5 nitrogen and oxygen atoms in total. The van der Waals surface area contributed by atoms with E-state index in [2.05, 4.69) is 23.2 Å². The van der Waals surface area contributed by atoms with Crippen molar-refractivity contribution < 1.29 is 0 Å². The van der Waals surface area contributed by atoms with Gasteiger partial charge in [0, 0.05) is 23.7 Å². The van der Waals surface area contributed by atoms with Crippen LogP contribution in [0.3, 0.4) is 0 Å². The smallest absolute Gasteiger partial charge is 0.191 e. The average molecular weight is 315 g/mol. The molecule has 2 atom stereocenters. The van der Waals surface area contributed by atoms with Crippen molar-refractivity contribution in [1.29, 1.82) is 15.8 Å². The van der Waals surface area contributed by atoms with Crippen LogP contribution in [0, 0.1) is 44.8 Å². The van der Waals surface area contributed by atoms with Crippen molar-refractivity contribution in [3.05, 3.63) is 53.0 Å². The highest BCUT2D eigenvalue weighted by atomic mass is 14.7. The molecule has 1 heterocycles. The van der Waals surface area contributed by atoms with Gasteiger partial charge in [0.05, 0.1) is 23.4 Å². The summed E-state index contributed by atoms with van der Waals surface area (Å²) < 4.78 is 0. The zero-order valence-electron chi connectivity index (χ0n) is 13.5. The molecule has 2 aliphatic rings. The molecule has 5 heteroatoms. The second-order valence-electron chi connectivity index (χ2n) is 6.58. The number of nitrogens with two attached hydrogens (primary N) is 1. The first kappa shape index (κ1) is 15.8. The Morgan fingerprint density at radius 2 is 2.04 bits per heavy atom. The topological polar surface area (TPSA) is 110 Å². The van der Waals surface area contributed by atoms with Gasteiger partial charge in [-0.2, -0.15) is 15.8 Å². The van der Waals surface area contributed by atoms with Crippen LogP contribution < -0.4 is 5.73 Å². The van der Waals surface area contributed by atoms with E-state index in [1.54, 1.807) is 18.5 Å². The maximum absolute atomic E-state index is 9.93. The van der Waals surface area contributed by atoms with Gasteiger partial charge in [-0.3, -0.25) is 4.98 Å². The molecule has 0 amide bonds. The van der Waals surface area contributed by atoms with Gasteiger partial charge in [-0.25, -0.2) is 0 Å². The quantitative estimate of drug-likeness (QED) is 0.856. The molecule has 0 aliphatic heterocycles. The molecule has 0 unspecified atom stereocenters. The number of hydrogen-bond acceptors (Lipinski definition) is 5. The van der Waals surface area contributed by atoms with Crippen LogP contribution >= 0.6 is 0 Å². The summed E-state index contributed by atoms with van der Waals surface area (Å²) in [6.07, 6.45) is 8.00. The molecule has 24 heavy (non-hydrogen) atoms. The van der Waals surface area contributed by atoms with Gasteiger partial charge in [-0.15, -0.1) is 0 Å². The predicted octanol–water partition coefficient (Wildman–Crippen LogP) is 3.07. The molecular formula is C19H17N5. The summed E-state index contributed by atoms with van der Waals surface area (Å²) >= 11 is 0. The van der Waals surface area contributed by atoms with E-state index in [0.29, 0.717) is 5.57 Å². The molecule has 1 aromatic rings. The minimum atomic E-state index is -1.57. The van der Waals surface area contributed by atoms with E-state index in [1.807, 2.05) is 19.1 Å². The van der Waals surface area contributed by atoms with Crippen LogP contribution in [0.4, 0.5) is 0 Å². The lowest BCUT2D eigenvalue weighted by Crippen LogP contribution is -2.48. The third-order valence-electron chi connectivity index (χ3n) is 5.38. The van der Waals surface area contributed by atoms with Crippen molar-refractivity contribution >= 4 is 0 Å². The molecule has 0 spiro atoms. The highest BCUT2D eigenvalue weighted by molar-refractivity contribution is 5.61. The third-order valence-corrected chi connectivity index (χ3v) is 5.38. The first-order valence-corrected chi connectivity index (χ1v) is 7.89. The van der Waals surface area contributed by atoms with Crippen LogP contribution in [0.2, 0.25) is 0 Å². The van der Waals surface area contributed by atoms with Crippen molar-refractivity contribution in [2.24, 2.45) is 16.6 Å². The number of fused-ring (bicyclic) bond motifs is 1. The second-order valence-corrected chi connectivity index (χ2v) is 6.58. The molecule has 0 saturated heterocycles. The molecule has 3 rings (SSSR count). The fraction of sp³-hybridized carbons (Fsp3) is 0.368. The van der Waals surface area contributed by atoms with Crippen molar-refractivity contribution in [2.75, 3.05) is 0 Å². The number of pyridine rings is 1. The van der Waals surface area contributed by atoms with Gasteiger partial charge in [0.2, 0.25) is 0 Å². The Balaban J connectivity index is 2.42. The van der Waals surface area contributed by atoms with Gasteiger partial charge in [0.15, 0.2) is 5.41 Å². The Bertz CT molecular complexity index is 846. The number of hydrogen-bond donors (Lipinski definition) is 1. The summed E-state index contributed by atoms with van der Waals surface area (Å²) in [4.78, 5) is 4.17. The molecule has 118 valence electrons. The summed E-state index contributed by atoms with van der Waals surface area (Å²) in [5.74, 6) is -0.461. The van der Waals surface area contributed by atoms with Gasteiger partial charge in [-0.05, 0) is 36.5 Å². The average Bonchev–Trinajstić information content (AvgIpc) is 2.62. The predicted molar refractivity (Wildman–Crippen MR) is 87.5 cm³/mol. The lowest BCUT2D eigenvalue weighted by molar-refractivity contribution is 0.201. The van der Waals surface area contributed by atoms with E-state index < -0.39 is 16.7 Å². The van der Waals surface area contributed by atoms with Crippen molar-refractivity contribution in [3.8, 4) is 18.2 Å². The van der Waals surface area contributed by atoms with Gasteiger partial charge in [0.1, 0.15) is 6.07 Å². The minimum absolute atomic E-state index is 0.0643. The van der Waals surface area contributed by atoms with E-state index in [1.165, 1.54) is 0 Å². The Labute approximate surface area is 141 Å². The summed E-state index contributed by atoms with van der Waals surface area (Å²) in [6.45, 7) is 2.03. The summed E-state index contributed by atoms with van der Waals surface area (Å²) in [7, 11) is 0. The molecule has 0 fully saturated rings. The van der Waals surface area contributed by atoms with Crippen LogP contribution in [0.15, 0.2) is 47.4 Å². The molecular weight excluding hydrogens is 298 g/mol. The van der Waals surface area contributed by atoms with Crippen molar-refractivity contribution in [2.45, 2.75) is 32.1 Å². The van der Waals surface area contributed by atoms with Gasteiger partial charge >= 0.3 is 0 Å². The molecule has 0 saturated carbocycles. The fourth-order valence-electron chi connectivity index (χ4n) is 4.31. The zero-order chi connectivity index (χ0) is 17.4. The van der Waals surface area contributed by atoms with Crippen LogP contribution in [0.5, 0.6) is 0 Å². The van der Waals surface area contributed by atoms with Crippen molar-refractivity contribution in [1.82, 2.24) is 4.98 Å². The minimum Gasteiger partial charge on any atom is -0.399 e. The van der Waals surface area contributed by atoms with Crippen LogP contribution in [0.1, 0.15) is 37.7 Å². The van der Waals surface area contributed by atoms with Crippen LogP contribution in [-0.4, -0.2) is 4.98 Å². The number of nitrogens with zero attached hydrogens (tertiary/aromatic N) is 4. The van der Waals surface area contributed by atoms with E-state index in [9.17, 15) is 15.8 Å². The highest BCUT2D eigenvalue weighted by Crippen LogP contribution is 2.62. The van der Waals surface area contributed by atoms with Crippen molar-refractivity contribution in [3.63, 3.8) is 0 Å². The van der Waals surface area contributed by atoms with Crippen LogP contribution in [0.25, 0.3) is 0 Å². The van der Waals surface area contributed by atoms with Gasteiger partial charge in [-0.1, -0.05) is 19.1 Å². The SMILES string of the molecule is C[C@]12CCCC=C1C(C#N)=C(N)C(C#N)(C#N)[C@@H]2c1cccnc1. The van der Waals surface area contributed by atoms with E-state index in [0.717, 1.165) is 30.4 Å². The lowest BCUT2D eigenvalue weighted by Gasteiger charge is -2.50. The lowest BCUT2D eigenvalue weighted by atomic mass is 9.50. The molecule has 0 bridgehead atoms. The maximum atomic E-state index is 9.93. The number of rotatable bonds is 1. The highest BCUT2D eigenvalue weighted by Gasteiger charge is 2.59. The number of aromatic nitrogens is 1. The first-order chi connectivity index (χ1) is 11.5. The standard InChI is InChI=1S/C19H17N5/c1-18-7-3-2-6-15(18)14(9-20)17(23)19(11-21,12-22)16(18)13-5-4-8-24-10-13/h4-6,8,10,16H,2-3,7,23H2,1H3/t16-,18+/m1/s1. The molecule has 1 aromatic heterocycles. The van der Waals surface area contributed by atoms with E-state index in [4.69, 9.17) is 5.73 Å².